The van der Waals surface area contributed by atoms with E-state index >= 15 is 0 Å². The molecule has 31 heavy (non-hydrogen) atoms. The third-order valence-electron chi connectivity index (χ3n) is 5.88. The van der Waals surface area contributed by atoms with Crippen molar-refractivity contribution in [3.05, 3.63) is 98.9 Å². The van der Waals surface area contributed by atoms with Gasteiger partial charge in [-0.05, 0) is 77.5 Å². The van der Waals surface area contributed by atoms with Crippen LogP contribution in [0.1, 0.15) is 32.6 Å². The van der Waals surface area contributed by atoms with Crippen LogP contribution in [0.2, 0.25) is 0 Å². The van der Waals surface area contributed by atoms with Crippen LogP contribution in [-0.4, -0.2) is 16.2 Å². The summed E-state index contributed by atoms with van der Waals surface area (Å²) in [5, 5.41) is 23.2. The van der Waals surface area contributed by atoms with Gasteiger partial charge in [0.2, 0.25) is 0 Å². The molecule has 0 atom stereocenters. The molecular weight excluding hydrogens is 388 g/mol. The molecular formula is C27H20O4. The molecule has 152 valence electrons. The molecule has 4 heteroatoms. The van der Waals surface area contributed by atoms with Crippen LogP contribution in [0.15, 0.2) is 60.7 Å². The molecule has 4 nitrogen and oxygen atoms in total. The summed E-state index contributed by atoms with van der Waals surface area (Å²) in [5.41, 5.74) is 4.47. The second-order valence-corrected chi connectivity index (χ2v) is 7.94. The lowest BCUT2D eigenvalue weighted by atomic mass is 9.86. The normalized spacial score (nSPS) is 12.3. The summed E-state index contributed by atoms with van der Waals surface area (Å²) in [4.78, 5) is 12.2. The summed E-state index contributed by atoms with van der Waals surface area (Å²) in [5.74, 6) is 0.472. The monoisotopic (exact) mass is 408 g/mol. The van der Waals surface area contributed by atoms with Gasteiger partial charge in [0.25, 0.3) is 0 Å². The predicted octanol–water partition coefficient (Wildman–Crippen LogP) is 4.62. The highest BCUT2D eigenvalue weighted by atomic mass is 16.5. The molecule has 0 unspecified atom stereocenters. The quantitative estimate of drug-likeness (QED) is 0.447. The lowest BCUT2D eigenvalue weighted by Gasteiger charge is -2.24. The van der Waals surface area contributed by atoms with Gasteiger partial charge in [0.15, 0.2) is 0 Å². The Morgan fingerprint density at radius 1 is 0.903 bits per heavy atom. The molecule has 4 aromatic rings. The van der Waals surface area contributed by atoms with Crippen LogP contribution in [0.5, 0.6) is 17.2 Å². The number of rotatable bonds is 2. The molecule has 0 aliphatic carbocycles. The number of aryl methyl sites for hydroxylation is 2. The number of phenolic OH excluding ortho intramolecular Hbond substituents is 1. The maximum Gasteiger partial charge on any atom is 0.336 e. The molecule has 1 heterocycles. The molecule has 0 spiro atoms. The van der Waals surface area contributed by atoms with Crippen molar-refractivity contribution in [2.45, 2.75) is 13.8 Å². The van der Waals surface area contributed by atoms with Crippen molar-refractivity contribution in [2.75, 3.05) is 0 Å². The lowest BCUT2D eigenvalue weighted by molar-refractivity contribution is 0.0696. The third-order valence-corrected chi connectivity index (χ3v) is 5.88. The molecule has 0 fully saturated rings. The lowest BCUT2D eigenvalue weighted by Crippen LogP contribution is -2.21. The van der Waals surface area contributed by atoms with Gasteiger partial charge in [0, 0.05) is 21.7 Å². The summed E-state index contributed by atoms with van der Waals surface area (Å²) in [6.45, 7) is 7.91. The first kappa shape index (κ1) is 18.9. The number of aromatic carboxylic acids is 1. The number of phenols is 1. The summed E-state index contributed by atoms with van der Waals surface area (Å²) < 4.78 is 6.33. The van der Waals surface area contributed by atoms with Crippen molar-refractivity contribution in [1.29, 1.82) is 0 Å². The Morgan fingerprint density at radius 2 is 1.68 bits per heavy atom. The van der Waals surface area contributed by atoms with E-state index < -0.39 is 5.97 Å². The maximum atomic E-state index is 12.2. The number of carboxylic acids is 1. The van der Waals surface area contributed by atoms with Crippen molar-refractivity contribution in [3.8, 4) is 17.2 Å². The van der Waals surface area contributed by atoms with Crippen LogP contribution in [0.4, 0.5) is 0 Å². The molecule has 0 aromatic heterocycles. The molecule has 0 bridgehead atoms. The molecule has 0 amide bonds. The van der Waals surface area contributed by atoms with E-state index in [1.165, 1.54) is 0 Å². The highest BCUT2D eigenvalue weighted by molar-refractivity contribution is 6.02. The van der Waals surface area contributed by atoms with Gasteiger partial charge in [-0.1, -0.05) is 30.8 Å². The first-order valence-electron chi connectivity index (χ1n) is 9.95. The molecule has 0 saturated carbocycles. The summed E-state index contributed by atoms with van der Waals surface area (Å²) >= 11 is 0. The number of aromatic hydroxyl groups is 1. The number of hydrogen-bond donors (Lipinski definition) is 2. The smallest absolute Gasteiger partial charge is 0.336 e. The zero-order valence-corrected chi connectivity index (χ0v) is 17.2. The minimum atomic E-state index is -0.973. The zero-order valence-electron chi connectivity index (χ0n) is 17.2. The zero-order chi connectivity index (χ0) is 21.9. The van der Waals surface area contributed by atoms with Crippen LogP contribution in [0.25, 0.3) is 22.9 Å². The standard InChI is InChI=1S/C27H20O4/c1-14-4-7-20-24(10-14)31-26-19-9-6-18(28)13-17(19)5-8-21(26)25(20)22-11-15(2)16(3)12-23(22)27(29)30/h4-13,28H,1H2,2-3H3,(H,29,30). The number of benzene rings is 4. The van der Waals surface area contributed by atoms with E-state index in [4.69, 9.17) is 4.74 Å². The van der Waals surface area contributed by atoms with Crippen molar-refractivity contribution in [2.24, 2.45) is 0 Å². The fraction of sp³-hybridized carbons (Fsp3) is 0.0741. The molecule has 2 N–H and O–H groups in total. The van der Waals surface area contributed by atoms with Crippen LogP contribution in [-0.2, 0) is 0 Å². The van der Waals surface area contributed by atoms with E-state index in [0.29, 0.717) is 17.1 Å². The largest absolute Gasteiger partial charge is 0.508 e. The van der Waals surface area contributed by atoms with Crippen molar-refractivity contribution >= 4 is 28.9 Å². The highest BCUT2D eigenvalue weighted by Crippen LogP contribution is 2.42. The van der Waals surface area contributed by atoms with Gasteiger partial charge in [-0.2, -0.15) is 0 Å². The molecule has 1 aliphatic heterocycles. The van der Waals surface area contributed by atoms with Crippen molar-refractivity contribution in [3.63, 3.8) is 0 Å². The Balaban J connectivity index is 1.96. The van der Waals surface area contributed by atoms with E-state index in [1.54, 1.807) is 18.2 Å². The van der Waals surface area contributed by atoms with Crippen LogP contribution in [0, 0.1) is 13.8 Å². The van der Waals surface area contributed by atoms with Crippen LogP contribution >= 0.6 is 0 Å². The van der Waals surface area contributed by atoms with Crippen LogP contribution in [0.3, 0.4) is 0 Å². The van der Waals surface area contributed by atoms with Gasteiger partial charge >= 0.3 is 5.97 Å². The molecule has 5 rings (SSSR count). The van der Waals surface area contributed by atoms with E-state index in [9.17, 15) is 15.0 Å². The van der Waals surface area contributed by atoms with Crippen LogP contribution < -0.4 is 15.2 Å². The van der Waals surface area contributed by atoms with Crippen molar-refractivity contribution < 1.29 is 19.7 Å². The fourth-order valence-electron chi connectivity index (χ4n) is 4.20. The third kappa shape index (κ3) is 2.96. The summed E-state index contributed by atoms with van der Waals surface area (Å²) in [7, 11) is 0. The Labute approximate surface area is 179 Å². The number of ether oxygens (including phenoxy) is 1. The maximum absolute atomic E-state index is 12.2. The van der Waals surface area contributed by atoms with Gasteiger partial charge < -0.3 is 14.9 Å². The first-order valence-corrected chi connectivity index (χ1v) is 9.95. The average Bonchev–Trinajstić information content (AvgIpc) is 2.73. The minimum absolute atomic E-state index is 0.176. The van der Waals surface area contributed by atoms with E-state index in [0.717, 1.165) is 43.5 Å². The Hall–Kier alpha value is -4.05. The SMILES string of the molecule is C=c1ccc2c(c1)Oc1c(ccc3cc(O)ccc13)C=2c1cc(C)c(C)cc1C(=O)O. The molecule has 4 aromatic carbocycles. The number of hydrogen-bond acceptors (Lipinski definition) is 3. The fourth-order valence-corrected chi connectivity index (χ4v) is 4.20. The predicted molar refractivity (Wildman–Crippen MR) is 121 cm³/mol. The van der Waals surface area contributed by atoms with E-state index in [2.05, 4.69) is 6.58 Å². The summed E-state index contributed by atoms with van der Waals surface area (Å²) in [6, 6.07) is 18.3. The average molecular weight is 408 g/mol. The Bertz CT molecular complexity index is 1530. The molecule has 0 radical (unpaired) electrons. The highest BCUT2D eigenvalue weighted by Gasteiger charge is 2.25. The number of carboxylic acid groups (broad SMARTS) is 1. The summed E-state index contributed by atoms with van der Waals surface area (Å²) in [6.07, 6.45) is 0. The van der Waals surface area contributed by atoms with E-state index in [1.807, 2.05) is 56.3 Å². The first-order chi connectivity index (χ1) is 14.8. The minimum Gasteiger partial charge on any atom is -0.508 e. The molecule has 1 aliphatic rings. The second-order valence-electron chi connectivity index (χ2n) is 7.94. The second kappa shape index (κ2) is 6.74. The van der Waals surface area contributed by atoms with Gasteiger partial charge in [-0.25, -0.2) is 4.79 Å². The number of fused-ring (bicyclic) bond motifs is 4. The topological polar surface area (TPSA) is 66.8 Å². The van der Waals surface area contributed by atoms with Gasteiger partial charge in [-0.15, -0.1) is 0 Å². The van der Waals surface area contributed by atoms with E-state index in [-0.39, 0.29) is 11.3 Å². The van der Waals surface area contributed by atoms with Crippen molar-refractivity contribution in [1.82, 2.24) is 0 Å². The van der Waals surface area contributed by atoms with Gasteiger partial charge in [-0.3, -0.25) is 0 Å². The number of carbonyl (C=O) groups is 1. The Morgan fingerprint density at radius 3 is 2.45 bits per heavy atom. The van der Waals surface area contributed by atoms with Gasteiger partial charge in [0.1, 0.15) is 17.2 Å². The molecule has 0 saturated heterocycles. The Kier molecular flexibility index (Phi) is 4.12. The van der Waals surface area contributed by atoms with Gasteiger partial charge in [0.05, 0.1) is 5.56 Å².